The predicted molar refractivity (Wildman–Crippen MR) is 81.3 cm³/mol. The van der Waals surface area contributed by atoms with E-state index in [9.17, 15) is 4.79 Å². The SMILES string of the molecule is CC(CO)N(C)C(=O)/C=C/c1cn(C)c2ccccc12. The van der Waals surface area contributed by atoms with E-state index in [2.05, 4.69) is 6.07 Å². The summed E-state index contributed by atoms with van der Waals surface area (Å²) in [6.45, 7) is 1.77. The summed E-state index contributed by atoms with van der Waals surface area (Å²) in [5.41, 5.74) is 2.15. The van der Waals surface area contributed by atoms with Crippen LogP contribution in [0.5, 0.6) is 0 Å². The van der Waals surface area contributed by atoms with Crippen LogP contribution in [0.2, 0.25) is 0 Å². The third-order valence-electron chi connectivity index (χ3n) is 3.61. The number of aryl methyl sites for hydroxylation is 1. The normalized spacial score (nSPS) is 13.0. The molecule has 1 amide bonds. The zero-order valence-electron chi connectivity index (χ0n) is 12.1. The van der Waals surface area contributed by atoms with Crippen molar-refractivity contribution in [1.29, 1.82) is 0 Å². The van der Waals surface area contributed by atoms with Gasteiger partial charge in [-0.05, 0) is 19.1 Å². The first-order chi connectivity index (χ1) is 9.54. The van der Waals surface area contributed by atoms with E-state index in [0.717, 1.165) is 16.5 Å². The number of rotatable bonds is 4. The molecule has 4 heteroatoms. The Kier molecular flexibility index (Phi) is 4.25. The van der Waals surface area contributed by atoms with Gasteiger partial charge in [0, 0.05) is 42.8 Å². The lowest BCUT2D eigenvalue weighted by Gasteiger charge is -2.21. The molecule has 0 aliphatic rings. The number of para-hydroxylation sites is 1. The molecule has 0 aliphatic heterocycles. The van der Waals surface area contributed by atoms with Crippen molar-refractivity contribution in [3.05, 3.63) is 42.1 Å². The van der Waals surface area contributed by atoms with Gasteiger partial charge >= 0.3 is 0 Å². The summed E-state index contributed by atoms with van der Waals surface area (Å²) in [5.74, 6) is -0.112. The minimum Gasteiger partial charge on any atom is -0.394 e. The third kappa shape index (κ3) is 2.75. The molecule has 1 heterocycles. The zero-order valence-corrected chi connectivity index (χ0v) is 12.1. The van der Waals surface area contributed by atoms with E-state index in [1.54, 1.807) is 13.1 Å². The van der Waals surface area contributed by atoms with Crippen molar-refractivity contribution in [2.75, 3.05) is 13.7 Å². The van der Waals surface area contributed by atoms with E-state index in [1.807, 2.05) is 49.0 Å². The molecule has 0 saturated heterocycles. The molecule has 0 aliphatic carbocycles. The molecule has 1 aromatic heterocycles. The van der Waals surface area contributed by atoms with Gasteiger partial charge in [0.25, 0.3) is 0 Å². The Bertz CT molecular complexity index is 643. The Balaban J connectivity index is 2.24. The monoisotopic (exact) mass is 272 g/mol. The van der Waals surface area contributed by atoms with Gasteiger partial charge in [-0.15, -0.1) is 0 Å². The topological polar surface area (TPSA) is 45.5 Å². The second-order valence-corrected chi connectivity index (χ2v) is 5.03. The Morgan fingerprint density at radius 1 is 1.45 bits per heavy atom. The van der Waals surface area contributed by atoms with Crippen molar-refractivity contribution in [2.24, 2.45) is 7.05 Å². The van der Waals surface area contributed by atoms with Crippen molar-refractivity contribution >= 4 is 22.9 Å². The number of amides is 1. The fourth-order valence-corrected chi connectivity index (χ4v) is 2.12. The number of nitrogens with zero attached hydrogens (tertiary/aromatic N) is 2. The highest BCUT2D eigenvalue weighted by Gasteiger charge is 2.12. The molecule has 1 aromatic carbocycles. The molecular formula is C16H20N2O2. The standard InChI is InChI=1S/C16H20N2O2/c1-12(11-19)18(3)16(20)9-8-13-10-17(2)15-7-5-4-6-14(13)15/h4-10,12,19H,11H2,1-3H3/b9-8+. The maximum atomic E-state index is 12.0. The van der Waals surface area contributed by atoms with Crippen molar-refractivity contribution < 1.29 is 9.90 Å². The van der Waals surface area contributed by atoms with Crippen LogP contribution in [0, 0.1) is 0 Å². The van der Waals surface area contributed by atoms with Crippen molar-refractivity contribution in [1.82, 2.24) is 9.47 Å². The maximum Gasteiger partial charge on any atom is 0.246 e. The van der Waals surface area contributed by atoms with Gasteiger partial charge < -0.3 is 14.6 Å². The largest absolute Gasteiger partial charge is 0.394 e. The summed E-state index contributed by atoms with van der Waals surface area (Å²) >= 11 is 0. The summed E-state index contributed by atoms with van der Waals surface area (Å²) in [6.07, 6.45) is 5.38. The number of benzene rings is 1. The fourth-order valence-electron chi connectivity index (χ4n) is 2.12. The first-order valence-electron chi connectivity index (χ1n) is 6.64. The van der Waals surface area contributed by atoms with Crippen LogP contribution in [0.4, 0.5) is 0 Å². The van der Waals surface area contributed by atoms with Crippen molar-refractivity contribution in [2.45, 2.75) is 13.0 Å². The van der Waals surface area contributed by atoms with Crippen molar-refractivity contribution in [3.8, 4) is 0 Å². The number of fused-ring (bicyclic) bond motifs is 1. The number of aromatic nitrogens is 1. The molecule has 2 aromatic rings. The van der Waals surface area contributed by atoms with Crippen LogP contribution in [0.1, 0.15) is 12.5 Å². The molecule has 0 saturated carbocycles. The first kappa shape index (κ1) is 14.3. The van der Waals surface area contributed by atoms with Gasteiger partial charge in [0.05, 0.1) is 12.6 Å². The molecule has 1 atom stereocenters. The second-order valence-electron chi connectivity index (χ2n) is 5.03. The second kappa shape index (κ2) is 5.92. The molecule has 0 fully saturated rings. The van der Waals surface area contributed by atoms with Gasteiger partial charge in [-0.3, -0.25) is 4.79 Å². The van der Waals surface area contributed by atoms with Crippen LogP contribution >= 0.6 is 0 Å². The lowest BCUT2D eigenvalue weighted by atomic mass is 10.1. The highest BCUT2D eigenvalue weighted by Crippen LogP contribution is 2.21. The van der Waals surface area contributed by atoms with E-state index in [4.69, 9.17) is 5.11 Å². The summed E-state index contributed by atoms with van der Waals surface area (Å²) in [7, 11) is 3.68. The number of hydrogen-bond donors (Lipinski definition) is 1. The summed E-state index contributed by atoms with van der Waals surface area (Å²) in [5, 5.41) is 10.2. The number of aliphatic hydroxyl groups excluding tert-OH is 1. The van der Waals surface area contributed by atoms with E-state index in [1.165, 1.54) is 4.90 Å². The number of hydrogen-bond acceptors (Lipinski definition) is 2. The van der Waals surface area contributed by atoms with Gasteiger partial charge in [0.1, 0.15) is 0 Å². The number of aliphatic hydroxyl groups is 1. The van der Waals surface area contributed by atoms with Gasteiger partial charge in [-0.2, -0.15) is 0 Å². The molecule has 106 valence electrons. The first-order valence-corrected chi connectivity index (χ1v) is 6.64. The Morgan fingerprint density at radius 2 is 2.15 bits per heavy atom. The number of carbonyl (C=O) groups is 1. The molecule has 0 radical (unpaired) electrons. The third-order valence-corrected chi connectivity index (χ3v) is 3.61. The number of carbonyl (C=O) groups excluding carboxylic acids is 1. The average molecular weight is 272 g/mol. The molecule has 0 spiro atoms. The van der Waals surface area contributed by atoms with E-state index >= 15 is 0 Å². The smallest absolute Gasteiger partial charge is 0.246 e. The van der Waals surface area contributed by atoms with E-state index < -0.39 is 0 Å². The summed E-state index contributed by atoms with van der Waals surface area (Å²) in [4.78, 5) is 13.5. The fraction of sp³-hybridized carbons (Fsp3) is 0.312. The Morgan fingerprint density at radius 3 is 2.85 bits per heavy atom. The lowest BCUT2D eigenvalue weighted by Crippen LogP contribution is -2.36. The van der Waals surface area contributed by atoms with E-state index in [0.29, 0.717) is 0 Å². The predicted octanol–water partition coefficient (Wildman–Crippen LogP) is 2.03. The zero-order chi connectivity index (χ0) is 14.7. The van der Waals surface area contributed by atoms with E-state index in [-0.39, 0.29) is 18.6 Å². The van der Waals surface area contributed by atoms with Crippen LogP contribution in [-0.2, 0) is 11.8 Å². The maximum absolute atomic E-state index is 12.0. The molecule has 0 bridgehead atoms. The molecule has 4 nitrogen and oxygen atoms in total. The van der Waals surface area contributed by atoms with Crippen LogP contribution < -0.4 is 0 Å². The van der Waals surface area contributed by atoms with Gasteiger partial charge in [-0.25, -0.2) is 0 Å². The van der Waals surface area contributed by atoms with Gasteiger partial charge in [-0.1, -0.05) is 18.2 Å². The quantitative estimate of drug-likeness (QED) is 0.866. The number of likely N-dealkylation sites (N-methyl/N-ethyl adjacent to an activating group) is 1. The van der Waals surface area contributed by atoms with Crippen LogP contribution in [0.25, 0.3) is 17.0 Å². The Hall–Kier alpha value is -2.07. The molecule has 1 N–H and O–H groups in total. The van der Waals surface area contributed by atoms with Crippen LogP contribution in [-0.4, -0.2) is 40.2 Å². The highest BCUT2D eigenvalue weighted by molar-refractivity contribution is 5.96. The molecular weight excluding hydrogens is 252 g/mol. The molecule has 1 unspecified atom stereocenters. The molecule has 20 heavy (non-hydrogen) atoms. The average Bonchev–Trinajstić information content (AvgIpc) is 2.80. The minimum absolute atomic E-state index is 0.0374. The highest BCUT2D eigenvalue weighted by atomic mass is 16.3. The van der Waals surface area contributed by atoms with Gasteiger partial charge in [0.2, 0.25) is 5.91 Å². The molecule has 2 rings (SSSR count). The minimum atomic E-state index is -0.181. The Labute approximate surface area is 118 Å². The lowest BCUT2D eigenvalue weighted by molar-refractivity contribution is -0.127. The van der Waals surface area contributed by atoms with Crippen LogP contribution in [0.3, 0.4) is 0 Å². The summed E-state index contributed by atoms with van der Waals surface area (Å²) < 4.78 is 2.04. The van der Waals surface area contributed by atoms with Crippen LogP contribution in [0.15, 0.2) is 36.5 Å². The van der Waals surface area contributed by atoms with Crippen molar-refractivity contribution in [3.63, 3.8) is 0 Å². The summed E-state index contributed by atoms with van der Waals surface area (Å²) in [6, 6.07) is 7.90. The van der Waals surface area contributed by atoms with Gasteiger partial charge in [0.15, 0.2) is 0 Å².